The Morgan fingerprint density at radius 1 is 1.30 bits per heavy atom. The summed E-state index contributed by atoms with van der Waals surface area (Å²) in [5, 5.41) is 13.5. The molecule has 8 heteroatoms. The second-order valence-corrected chi connectivity index (χ2v) is 7.08. The van der Waals surface area contributed by atoms with Crippen molar-refractivity contribution in [2.45, 2.75) is 25.2 Å². The quantitative estimate of drug-likeness (QED) is 0.749. The fraction of sp³-hybridized carbons (Fsp3) is 0.421. The number of nitrogens with zero attached hydrogens (tertiary/aromatic N) is 2. The number of rotatable bonds is 3. The van der Waals surface area contributed by atoms with E-state index in [9.17, 15) is 9.59 Å². The first-order chi connectivity index (χ1) is 12.6. The van der Waals surface area contributed by atoms with Gasteiger partial charge in [0, 0.05) is 50.0 Å². The molecule has 1 aromatic heterocycles. The highest BCUT2D eigenvalue weighted by molar-refractivity contribution is 5.95. The number of carbonyl (C=O) groups excluding carboxylic acids is 2. The Morgan fingerprint density at radius 2 is 2.15 bits per heavy atom. The fourth-order valence-corrected chi connectivity index (χ4v) is 3.82. The van der Waals surface area contributed by atoms with Gasteiger partial charge in [-0.3, -0.25) is 14.3 Å². The van der Waals surface area contributed by atoms with E-state index in [0.29, 0.717) is 13.0 Å². The smallest absolute Gasteiger partial charge is 0.229 e. The lowest BCUT2D eigenvalue weighted by atomic mass is 9.90. The molecule has 1 aromatic carbocycles. The number of aromatic nitrogens is 2. The Balaban J connectivity index is 0.00000210. The van der Waals surface area contributed by atoms with Gasteiger partial charge in [0.25, 0.3) is 0 Å². The van der Waals surface area contributed by atoms with Crippen LogP contribution in [-0.2, 0) is 23.1 Å². The lowest BCUT2D eigenvalue weighted by Gasteiger charge is -2.18. The van der Waals surface area contributed by atoms with Gasteiger partial charge < -0.3 is 16.0 Å². The van der Waals surface area contributed by atoms with E-state index in [1.807, 2.05) is 37.6 Å². The summed E-state index contributed by atoms with van der Waals surface area (Å²) in [4.78, 5) is 24.5. The lowest BCUT2D eigenvalue weighted by Crippen LogP contribution is -2.28. The maximum Gasteiger partial charge on any atom is 0.229 e. The Hall–Kier alpha value is -2.38. The van der Waals surface area contributed by atoms with Crippen LogP contribution in [0.1, 0.15) is 29.9 Å². The molecule has 0 saturated carbocycles. The number of benzene rings is 1. The van der Waals surface area contributed by atoms with Gasteiger partial charge in [-0.25, -0.2) is 0 Å². The first-order valence-electron chi connectivity index (χ1n) is 9.03. The molecule has 1 fully saturated rings. The maximum absolute atomic E-state index is 12.8. The molecule has 7 nitrogen and oxygen atoms in total. The number of halogens is 1. The molecule has 3 heterocycles. The van der Waals surface area contributed by atoms with Gasteiger partial charge in [-0.2, -0.15) is 5.10 Å². The largest absolute Gasteiger partial charge is 0.326 e. The molecule has 4 rings (SSSR count). The van der Waals surface area contributed by atoms with Crippen LogP contribution < -0.4 is 16.0 Å². The van der Waals surface area contributed by atoms with Crippen molar-refractivity contribution in [1.29, 1.82) is 0 Å². The summed E-state index contributed by atoms with van der Waals surface area (Å²) in [6.07, 6.45) is 6.01. The van der Waals surface area contributed by atoms with Gasteiger partial charge in [-0.1, -0.05) is 0 Å². The molecule has 0 aliphatic carbocycles. The highest BCUT2D eigenvalue weighted by atomic mass is 35.5. The van der Waals surface area contributed by atoms with Crippen molar-refractivity contribution < 1.29 is 9.59 Å². The summed E-state index contributed by atoms with van der Waals surface area (Å²) < 4.78 is 1.77. The first kappa shape index (κ1) is 19.4. The van der Waals surface area contributed by atoms with E-state index in [1.54, 1.807) is 4.68 Å². The fourth-order valence-electron chi connectivity index (χ4n) is 3.82. The zero-order chi connectivity index (χ0) is 18.1. The topological polar surface area (TPSA) is 88.0 Å². The van der Waals surface area contributed by atoms with Crippen LogP contribution in [0.5, 0.6) is 0 Å². The van der Waals surface area contributed by atoms with Crippen molar-refractivity contribution in [2.24, 2.45) is 13.0 Å². The zero-order valence-corrected chi connectivity index (χ0v) is 16.0. The maximum atomic E-state index is 12.8. The molecule has 1 saturated heterocycles. The van der Waals surface area contributed by atoms with Crippen LogP contribution in [0.2, 0.25) is 0 Å². The summed E-state index contributed by atoms with van der Waals surface area (Å²) >= 11 is 0. The van der Waals surface area contributed by atoms with E-state index in [2.05, 4.69) is 21.0 Å². The minimum atomic E-state index is -0.127. The minimum Gasteiger partial charge on any atom is -0.326 e. The summed E-state index contributed by atoms with van der Waals surface area (Å²) in [6.45, 7) is 1.44. The molecule has 2 aromatic rings. The Morgan fingerprint density at radius 3 is 2.93 bits per heavy atom. The average molecular weight is 390 g/mol. The lowest BCUT2D eigenvalue weighted by molar-refractivity contribution is -0.119. The second-order valence-electron chi connectivity index (χ2n) is 7.08. The molecule has 2 aliphatic rings. The van der Waals surface area contributed by atoms with Crippen molar-refractivity contribution in [3.63, 3.8) is 0 Å². The Labute approximate surface area is 164 Å². The summed E-state index contributed by atoms with van der Waals surface area (Å²) in [6, 6.07) is 5.70. The van der Waals surface area contributed by atoms with E-state index < -0.39 is 0 Å². The number of aryl methyl sites for hydroxylation is 2. The number of nitrogens with one attached hydrogen (secondary N) is 3. The second kappa shape index (κ2) is 8.10. The van der Waals surface area contributed by atoms with E-state index in [-0.39, 0.29) is 36.1 Å². The Bertz CT molecular complexity index is 850. The molecule has 2 amide bonds. The van der Waals surface area contributed by atoms with Crippen molar-refractivity contribution in [3.8, 4) is 0 Å². The molecule has 144 valence electrons. The number of carbonyl (C=O) groups is 2. The molecule has 0 spiro atoms. The predicted octanol–water partition coefficient (Wildman–Crippen LogP) is 2.06. The van der Waals surface area contributed by atoms with Crippen LogP contribution in [-0.4, -0.2) is 34.7 Å². The Kier molecular flexibility index (Phi) is 5.82. The standard InChI is InChI=1S/C19H23N5O2.ClH/c1-24-11-13(8-21-24)15-9-20-10-16(15)19(26)22-14-5-6-17-12(7-14)3-2-4-18(25)23-17;/h5-8,11,15-16,20H,2-4,9-10H2,1H3,(H,22,26)(H,23,25);1H/t15-,16+;/m1./s1. The average Bonchev–Trinajstić information content (AvgIpc) is 3.21. The minimum absolute atomic E-state index is 0. The van der Waals surface area contributed by atoms with Crippen LogP contribution in [0.25, 0.3) is 0 Å². The zero-order valence-electron chi connectivity index (χ0n) is 15.2. The van der Waals surface area contributed by atoms with Crippen LogP contribution in [0.4, 0.5) is 11.4 Å². The first-order valence-corrected chi connectivity index (χ1v) is 9.03. The normalized spacial score (nSPS) is 21.6. The molecule has 0 radical (unpaired) electrons. The van der Waals surface area contributed by atoms with Crippen LogP contribution in [0.15, 0.2) is 30.6 Å². The monoisotopic (exact) mass is 389 g/mol. The highest BCUT2D eigenvalue weighted by Crippen LogP contribution is 2.30. The molecule has 2 atom stereocenters. The van der Waals surface area contributed by atoms with Crippen LogP contribution >= 0.6 is 12.4 Å². The summed E-state index contributed by atoms with van der Waals surface area (Å²) in [5.41, 5.74) is 3.78. The third-order valence-electron chi connectivity index (χ3n) is 5.20. The number of hydrogen-bond acceptors (Lipinski definition) is 4. The van der Waals surface area contributed by atoms with Gasteiger partial charge in [0.1, 0.15) is 0 Å². The van der Waals surface area contributed by atoms with Gasteiger partial charge in [0.15, 0.2) is 0 Å². The van der Waals surface area contributed by atoms with Crippen LogP contribution in [0.3, 0.4) is 0 Å². The van der Waals surface area contributed by atoms with Crippen molar-refractivity contribution in [3.05, 3.63) is 41.7 Å². The number of fused-ring (bicyclic) bond motifs is 1. The van der Waals surface area contributed by atoms with Gasteiger partial charge in [0.05, 0.1) is 12.1 Å². The summed E-state index contributed by atoms with van der Waals surface area (Å²) in [5.74, 6) is 0.0693. The van der Waals surface area contributed by atoms with Crippen molar-refractivity contribution in [1.82, 2.24) is 15.1 Å². The van der Waals surface area contributed by atoms with Gasteiger partial charge >= 0.3 is 0 Å². The molecule has 0 bridgehead atoms. The SMILES string of the molecule is Cl.Cn1cc([C@H]2CNC[C@@H]2C(=O)Nc2ccc3c(c2)CCCC(=O)N3)cn1. The van der Waals surface area contributed by atoms with E-state index in [0.717, 1.165) is 41.9 Å². The van der Waals surface area contributed by atoms with Crippen LogP contribution in [0, 0.1) is 5.92 Å². The van der Waals surface area contributed by atoms with E-state index in [4.69, 9.17) is 0 Å². The van der Waals surface area contributed by atoms with Crippen molar-refractivity contribution >= 4 is 35.6 Å². The third kappa shape index (κ3) is 4.14. The van der Waals surface area contributed by atoms with E-state index in [1.165, 1.54) is 0 Å². The third-order valence-corrected chi connectivity index (χ3v) is 5.20. The molecule has 3 N–H and O–H groups in total. The van der Waals surface area contributed by atoms with Gasteiger partial charge in [-0.05, 0) is 42.2 Å². The molecular formula is C19H24ClN5O2. The molecule has 0 unspecified atom stereocenters. The predicted molar refractivity (Wildman–Crippen MR) is 106 cm³/mol. The van der Waals surface area contributed by atoms with Gasteiger partial charge in [0.2, 0.25) is 11.8 Å². The molecule has 27 heavy (non-hydrogen) atoms. The highest BCUT2D eigenvalue weighted by Gasteiger charge is 2.34. The molecule has 2 aliphatic heterocycles. The van der Waals surface area contributed by atoms with Gasteiger partial charge in [-0.15, -0.1) is 12.4 Å². The molecular weight excluding hydrogens is 366 g/mol. The van der Waals surface area contributed by atoms with Crippen molar-refractivity contribution in [2.75, 3.05) is 23.7 Å². The number of amides is 2. The number of anilines is 2. The summed E-state index contributed by atoms with van der Waals surface area (Å²) in [7, 11) is 1.88. The van der Waals surface area contributed by atoms with E-state index >= 15 is 0 Å². The number of hydrogen-bond donors (Lipinski definition) is 3.